The van der Waals surface area contributed by atoms with E-state index in [0.717, 1.165) is 29.4 Å². The number of pyridine rings is 1. The second-order valence-corrected chi connectivity index (χ2v) is 10.9. The highest BCUT2D eigenvalue weighted by atomic mass is 16.5. The lowest BCUT2D eigenvalue weighted by molar-refractivity contribution is -0.0808. The van der Waals surface area contributed by atoms with Crippen molar-refractivity contribution in [2.45, 2.75) is 85.0 Å². The first-order valence-corrected chi connectivity index (χ1v) is 12.3. The first-order chi connectivity index (χ1) is 14.1. The Morgan fingerprint density at radius 1 is 1.00 bits per heavy atom. The quantitative estimate of drug-likeness (QED) is 0.537. The molecule has 3 saturated carbocycles. The van der Waals surface area contributed by atoms with E-state index in [4.69, 9.17) is 4.74 Å². The number of ether oxygens (including phenoxy) is 1. The van der Waals surface area contributed by atoms with E-state index >= 15 is 0 Å². The highest BCUT2D eigenvalue weighted by molar-refractivity contribution is 5.73. The molecule has 0 N–H and O–H groups in total. The van der Waals surface area contributed by atoms with E-state index in [-0.39, 0.29) is 0 Å². The summed E-state index contributed by atoms with van der Waals surface area (Å²) in [5.74, 6) is 4.62. The smallest absolute Gasteiger partial charge is 0.138 e. The zero-order valence-electron chi connectivity index (χ0n) is 18.8. The summed E-state index contributed by atoms with van der Waals surface area (Å²) in [4.78, 5) is 4.51. The van der Waals surface area contributed by atoms with Crippen molar-refractivity contribution in [1.82, 2.24) is 4.98 Å². The van der Waals surface area contributed by atoms with Gasteiger partial charge >= 0.3 is 0 Å². The number of rotatable bonds is 3. The summed E-state index contributed by atoms with van der Waals surface area (Å²) < 4.78 is 5.76. The Labute approximate surface area is 177 Å². The van der Waals surface area contributed by atoms with Crippen LogP contribution in [-0.2, 0) is 0 Å². The Kier molecular flexibility index (Phi) is 5.03. The Morgan fingerprint density at radius 3 is 2.76 bits per heavy atom. The predicted octanol–water partition coefficient (Wildman–Crippen LogP) is 7.30. The molecule has 0 saturated heterocycles. The van der Waals surface area contributed by atoms with Crippen LogP contribution in [0.4, 0.5) is 0 Å². The van der Waals surface area contributed by atoms with Crippen molar-refractivity contribution in [2.24, 2.45) is 34.5 Å². The molecule has 29 heavy (non-hydrogen) atoms. The molecule has 6 atom stereocenters. The van der Waals surface area contributed by atoms with E-state index in [9.17, 15) is 0 Å². The van der Waals surface area contributed by atoms with Crippen LogP contribution in [0.3, 0.4) is 0 Å². The third-order valence-electron chi connectivity index (χ3n) is 9.75. The molecule has 0 aliphatic heterocycles. The number of hydrogen-bond acceptors (Lipinski definition) is 2. The topological polar surface area (TPSA) is 22.1 Å². The molecule has 0 aromatic carbocycles. The molecule has 4 aliphatic carbocycles. The second kappa shape index (κ2) is 7.43. The Hall–Kier alpha value is -1.31. The normalized spacial score (nSPS) is 41.6. The highest BCUT2D eigenvalue weighted by Gasteiger charge is 2.57. The fourth-order valence-electron chi connectivity index (χ4n) is 8.30. The maximum Gasteiger partial charge on any atom is 0.138 e. The summed E-state index contributed by atoms with van der Waals surface area (Å²) in [5.41, 5.74) is 3.79. The highest BCUT2D eigenvalue weighted by Crippen LogP contribution is 2.67. The van der Waals surface area contributed by atoms with Crippen molar-refractivity contribution in [1.29, 1.82) is 0 Å². The largest absolute Gasteiger partial charge is 0.492 e. The van der Waals surface area contributed by atoms with Gasteiger partial charge in [0.2, 0.25) is 0 Å². The van der Waals surface area contributed by atoms with Crippen molar-refractivity contribution in [3.05, 3.63) is 30.1 Å². The molecular formula is C27H39NO. The van der Waals surface area contributed by atoms with Gasteiger partial charge in [0.05, 0.1) is 12.8 Å². The lowest BCUT2D eigenvalue weighted by Gasteiger charge is -2.59. The molecule has 2 nitrogen and oxygen atoms in total. The molecule has 158 valence electrons. The number of nitrogens with zero attached hydrogens (tertiary/aromatic N) is 1. The third kappa shape index (κ3) is 3.08. The molecule has 5 rings (SSSR count). The van der Waals surface area contributed by atoms with E-state index in [1.807, 2.05) is 13.1 Å². The minimum absolute atomic E-state index is 0.321. The van der Waals surface area contributed by atoms with E-state index in [1.54, 1.807) is 5.57 Å². The van der Waals surface area contributed by atoms with Crippen LogP contribution in [0.1, 0.15) is 90.5 Å². The van der Waals surface area contributed by atoms with Crippen LogP contribution in [-0.4, -0.2) is 11.6 Å². The lowest BCUT2D eigenvalue weighted by atomic mass is 9.46. The first-order valence-electron chi connectivity index (χ1n) is 12.3. The molecule has 0 spiro atoms. The minimum Gasteiger partial charge on any atom is -0.492 e. The summed E-state index contributed by atoms with van der Waals surface area (Å²) in [7, 11) is 0. The number of hydrogen-bond donors (Lipinski definition) is 0. The van der Waals surface area contributed by atoms with Crippen LogP contribution in [0.2, 0.25) is 0 Å². The summed E-state index contributed by atoms with van der Waals surface area (Å²) in [6, 6.07) is 2.23. The van der Waals surface area contributed by atoms with Crippen molar-refractivity contribution in [3.8, 4) is 5.75 Å². The average Bonchev–Trinajstić information content (AvgIpc) is 2.94. The summed E-state index contributed by atoms with van der Waals surface area (Å²) in [6.07, 6.45) is 20.9. The van der Waals surface area contributed by atoms with Crippen LogP contribution in [0, 0.1) is 34.5 Å². The van der Waals surface area contributed by atoms with Gasteiger partial charge in [-0.3, -0.25) is 4.98 Å². The van der Waals surface area contributed by atoms with Crippen molar-refractivity contribution >= 4 is 5.57 Å². The van der Waals surface area contributed by atoms with Gasteiger partial charge in [-0.25, -0.2) is 0 Å². The van der Waals surface area contributed by atoms with E-state index in [0.29, 0.717) is 17.4 Å². The minimum atomic E-state index is 0.321. The van der Waals surface area contributed by atoms with Crippen molar-refractivity contribution in [3.63, 3.8) is 0 Å². The van der Waals surface area contributed by atoms with E-state index < -0.39 is 0 Å². The molecule has 1 aromatic rings. The Balaban J connectivity index is 1.42. The molecule has 0 amide bonds. The summed E-state index contributed by atoms with van der Waals surface area (Å²) in [6.45, 7) is 8.01. The second-order valence-electron chi connectivity index (χ2n) is 10.9. The molecule has 1 heterocycles. The fraction of sp³-hybridized carbons (Fsp3) is 0.741. The van der Waals surface area contributed by atoms with Gasteiger partial charge in [0.15, 0.2) is 0 Å². The molecule has 1 aromatic heterocycles. The van der Waals surface area contributed by atoms with Crippen molar-refractivity contribution < 1.29 is 4.74 Å². The molecule has 2 heteroatoms. The zero-order valence-corrected chi connectivity index (χ0v) is 18.8. The van der Waals surface area contributed by atoms with Crippen molar-refractivity contribution in [2.75, 3.05) is 6.61 Å². The van der Waals surface area contributed by atoms with Gasteiger partial charge in [-0.15, -0.1) is 0 Å². The van der Waals surface area contributed by atoms with Gasteiger partial charge in [0.1, 0.15) is 5.75 Å². The average molecular weight is 394 g/mol. The fourth-order valence-corrected chi connectivity index (χ4v) is 8.30. The maximum atomic E-state index is 5.76. The maximum absolute atomic E-state index is 5.76. The Bertz CT molecular complexity index is 784. The monoisotopic (exact) mass is 393 g/mol. The van der Waals surface area contributed by atoms with Gasteiger partial charge in [-0.1, -0.05) is 39.2 Å². The first kappa shape index (κ1) is 19.6. The molecule has 3 fully saturated rings. The predicted molar refractivity (Wildman–Crippen MR) is 120 cm³/mol. The standard InChI is InChI=1S/C27H39NO/c1-4-29-21-16-19(17-28-18-21)23-11-12-24-22-10-9-20-8-6-5-7-14-26(20,2)25(22)13-15-27(23,24)3/h11,16-18,20,22,24-25H,4-10,12-15H2,1-3H3. The van der Waals surface area contributed by atoms with Gasteiger partial charge in [0, 0.05) is 6.20 Å². The molecular weight excluding hydrogens is 354 g/mol. The van der Waals surface area contributed by atoms with Crippen LogP contribution in [0.15, 0.2) is 24.5 Å². The van der Waals surface area contributed by atoms with Crippen LogP contribution in [0.25, 0.3) is 5.57 Å². The van der Waals surface area contributed by atoms with Crippen LogP contribution >= 0.6 is 0 Å². The van der Waals surface area contributed by atoms with Gasteiger partial charge < -0.3 is 4.74 Å². The molecule has 4 aliphatic rings. The molecule has 0 bridgehead atoms. The zero-order chi connectivity index (χ0) is 20.1. The summed E-state index contributed by atoms with van der Waals surface area (Å²) in [5, 5.41) is 0. The van der Waals surface area contributed by atoms with Gasteiger partial charge in [-0.05, 0) is 104 Å². The SMILES string of the molecule is CCOc1cncc(C2=CCC3C4CCC5CCCCCC5(C)C4CCC23C)c1. The van der Waals surface area contributed by atoms with E-state index in [1.165, 1.54) is 69.8 Å². The molecule has 0 radical (unpaired) electrons. The van der Waals surface area contributed by atoms with Crippen LogP contribution < -0.4 is 4.74 Å². The number of allylic oxidation sites excluding steroid dienone is 2. The van der Waals surface area contributed by atoms with Gasteiger partial charge in [0.25, 0.3) is 0 Å². The lowest BCUT2D eigenvalue weighted by Crippen LogP contribution is -2.51. The van der Waals surface area contributed by atoms with E-state index in [2.05, 4.69) is 37.2 Å². The third-order valence-corrected chi connectivity index (χ3v) is 9.75. The number of aromatic nitrogens is 1. The summed E-state index contributed by atoms with van der Waals surface area (Å²) >= 11 is 0. The van der Waals surface area contributed by atoms with Gasteiger partial charge in [-0.2, -0.15) is 0 Å². The number of fused-ring (bicyclic) bond motifs is 5. The van der Waals surface area contributed by atoms with Crippen LogP contribution in [0.5, 0.6) is 5.75 Å². The Morgan fingerprint density at radius 2 is 1.90 bits per heavy atom. The molecule has 6 unspecified atom stereocenters.